The van der Waals surface area contributed by atoms with Gasteiger partial charge < -0.3 is 30.1 Å². The summed E-state index contributed by atoms with van der Waals surface area (Å²) in [6.07, 6.45) is 0. The largest absolute Gasteiger partial charge is 0.497 e. The van der Waals surface area contributed by atoms with Gasteiger partial charge in [-0.3, -0.25) is 14.5 Å². The highest BCUT2D eigenvalue weighted by Crippen LogP contribution is 2.45. The summed E-state index contributed by atoms with van der Waals surface area (Å²) >= 11 is 9.76. The number of halogens is 1. The normalized spacial score (nSPS) is 17.4. The van der Waals surface area contributed by atoms with Crippen molar-refractivity contribution >= 4 is 81.1 Å². The molecule has 0 radical (unpaired) electrons. The van der Waals surface area contributed by atoms with Crippen LogP contribution in [0.25, 0.3) is 0 Å². The Kier molecular flexibility index (Phi) is 12.0. The number of esters is 2. The standard InChI is InChI=1S/C33H34ClN5O8S3/c1-33(2,3)47-24(40)15-46-38-25(22-16-49-32(35)36-22)28(41)37-26-29(42)39-27(31(43)45-14-19-5-9-20(44-4)10-6-19)23(17-48-30(26)39)50-21-11-7-18(13-34)8-12-21/h5-12,16,26,30H,13-15,17H2,1-4H3,(H2,35,36)(H,37,41)/t26-,30+/m1/s1. The summed E-state index contributed by atoms with van der Waals surface area (Å²) in [6, 6.07) is 13.6. The zero-order valence-corrected chi connectivity index (χ0v) is 30.7. The first-order valence-corrected chi connectivity index (χ1v) is 18.4. The number of oxime groups is 1. The number of carbonyl (C=O) groups excluding carboxylic acids is 4. The summed E-state index contributed by atoms with van der Waals surface area (Å²) in [5.41, 5.74) is 6.62. The molecule has 1 fully saturated rings. The van der Waals surface area contributed by atoms with E-state index in [-0.39, 0.29) is 28.8 Å². The smallest absolute Gasteiger partial charge is 0.356 e. The molecule has 2 atom stereocenters. The topological polar surface area (TPSA) is 172 Å². The number of alkyl halides is 1. The molecule has 2 aliphatic rings. The van der Waals surface area contributed by atoms with E-state index >= 15 is 0 Å². The fraction of sp³-hybridized carbons (Fsp3) is 0.333. The molecule has 0 bridgehead atoms. The summed E-state index contributed by atoms with van der Waals surface area (Å²) in [7, 11) is 1.56. The number of methoxy groups -OCH3 is 1. The number of anilines is 1. The van der Waals surface area contributed by atoms with Crippen molar-refractivity contribution in [2.75, 3.05) is 25.2 Å². The molecule has 17 heteroatoms. The number of nitrogens with two attached hydrogens (primary N) is 1. The number of thiazole rings is 1. The van der Waals surface area contributed by atoms with Gasteiger partial charge in [0.15, 0.2) is 10.8 Å². The Hall–Kier alpha value is -4.25. The highest BCUT2D eigenvalue weighted by Gasteiger charge is 2.55. The number of rotatable bonds is 13. The zero-order chi connectivity index (χ0) is 36.0. The number of ether oxygens (including phenoxy) is 3. The van der Waals surface area contributed by atoms with Gasteiger partial charge in [-0.15, -0.1) is 34.7 Å². The van der Waals surface area contributed by atoms with E-state index in [0.29, 0.717) is 22.3 Å². The molecule has 1 saturated heterocycles. The van der Waals surface area contributed by atoms with Crippen LogP contribution in [0.1, 0.15) is 37.6 Å². The number of nitrogens with one attached hydrogen (secondary N) is 1. The molecule has 0 saturated carbocycles. The minimum absolute atomic E-state index is 0.0331. The first-order chi connectivity index (χ1) is 23.9. The average Bonchev–Trinajstić information content (AvgIpc) is 3.52. The van der Waals surface area contributed by atoms with Gasteiger partial charge >= 0.3 is 11.9 Å². The lowest BCUT2D eigenvalue weighted by Crippen LogP contribution is -2.71. The maximum absolute atomic E-state index is 13.7. The molecule has 0 spiro atoms. The minimum atomic E-state index is -1.02. The van der Waals surface area contributed by atoms with Crippen LogP contribution < -0.4 is 15.8 Å². The first kappa shape index (κ1) is 37.0. The molecule has 50 heavy (non-hydrogen) atoms. The fourth-order valence-corrected chi connectivity index (χ4v) is 7.91. The number of aromatic nitrogens is 1. The number of benzene rings is 2. The third-order valence-electron chi connectivity index (χ3n) is 7.00. The highest BCUT2D eigenvalue weighted by molar-refractivity contribution is 8.06. The summed E-state index contributed by atoms with van der Waals surface area (Å²) in [5.74, 6) is -1.29. The van der Waals surface area contributed by atoms with Crippen molar-refractivity contribution in [3.05, 3.63) is 81.3 Å². The Morgan fingerprint density at radius 1 is 1.12 bits per heavy atom. The second-order valence-corrected chi connectivity index (χ2v) is 15.2. The molecule has 3 aromatic rings. The van der Waals surface area contributed by atoms with Gasteiger partial charge in [0.2, 0.25) is 6.61 Å². The van der Waals surface area contributed by atoms with Crippen molar-refractivity contribution in [2.24, 2.45) is 5.16 Å². The van der Waals surface area contributed by atoms with Gasteiger partial charge in [-0.1, -0.05) is 41.2 Å². The van der Waals surface area contributed by atoms with Crippen LogP contribution in [0.3, 0.4) is 0 Å². The van der Waals surface area contributed by atoms with E-state index < -0.39 is 47.4 Å². The number of fused-ring (bicyclic) bond motifs is 1. The van der Waals surface area contributed by atoms with E-state index in [4.69, 9.17) is 36.4 Å². The van der Waals surface area contributed by atoms with Crippen LogP contribution in [0.5, 0.6) is 5.75 Å². The van der Waals surface area contributed by atoms with Crippen LogP contribution in [0.15, 0.2) is 74.6 Å². The van der Waals surface area contributed by atoms with Crippen LogP contribution in [-0.2, 0) is 46.0 Å². The number of nitrogens with zero attached hydrogens (tertiary/aromatic N) is 3. The summed E-state index contributed by atoms with van der Waals surface area (Å²) in [6.45, 7) is 4.51. The number of hydrogen-bond donors (Lipinski definition) is 2. The SMILES string of the molecule is COc1ccc(COC(=O)C2=C(Sc3ccc(CCl)cc3)CS[C@H]3[C@H](NC(=O)C(=NOCC(=O)OC(C)(C)C)c4csc(N)n4)C(=O)N23)cc1. The van der Waals surface area contributed by atoms with E-state index in [2.05, 4.69) is 15.5 Å². The lowest BCUT2D eigenvalue weighted by Gasteiger charge is -2.49. The van der Waals surface area contributed by atoms with Gasteiger partial charge in [0.05, 0.1) is 7.11 Å². The molecule has 0 aliphatic carbocycles. The monoisotopic (exact) mass is 759 g/mol. The van der Waals surface area contributed by atoms with E-state index in [1.807, 2.05) is 24.3 Å². The van der Waals surface area contributed by atoms with E-state index in [1.165, 1.54) is 33.8 Å². The quantitative estimate of drug-likeness (QED) is 0.0812. The van der Waals surface area contributed by atoms with Gasteiger partial charge in [-0.05, 0) is 56.2 Å². The van der Waals surface area contributed by atoms with Crippen LogP contribution in [-0.4, -0.2) is 75.8 Å². The summed E-state index contributed by atoms with van der Waals surface area (Å²) in [5, 5.41) is 7.60. The Labute approximate surface area is 305 Å². The van der Waals surface area contributed by atoms with Gasteiger partial charge in [-0.25, -0.2) is 14.6 Å². The Bertz CT molecular complexity index is 1810. The number of β-lactam (4-membered cyclic amide) rings is 1. The van der Waals surface area contributed by atoms with Crippen LogP contribution in [0.2, 0.25) is 0 Å². The van der Waals surface area contributed by atoms with E-state index in [9.17, 15) is 19.2 Å². The summed E-state index contributed by atoms with van der Waals surface area (Å²) in [4.78, 5) is 65.2. The molecule has 0 unspecified atom stereocenters. The van der Waals surface area contributed by atoms with Gasteiger partial charge in [0.1, 0.15) is 40.8 Å². The maximum atomic E-state index is 13.7. The molecule has 2 amide bonds. The van der Waals surface area contributed by atoms with E-state index in [0.717, 1.165) is 27.4 Å². The molecule has 3 N–H and O–H groups in total. The maximum Gasteiger partial charge on any atom is 0.356 e. The van der Waals surface area contributed by atoms with Gasteiger partial charge in [0.25, 0.3) is 11.8 Å². The molecule has 264 valence electrons. The number of thioether (sulfide) groups is 2. The van der Waals surface area contributed by atoms with Crippen LogP contribution in [0, 0.1) is 0 Å². The van der Waals surface area contributed by atoms with Crippen molar-refractivity contribution < 1.29 is 38.2 Å². The molecule has 5 rings (SSSR count). The van der Waals surface area contributed by atoms with E-state index in [1.54, 1.807) is 52.1 Å². The highest BCUT2D eigenvalue weighted by atomic mass is 35.5. The predicted octanol–water partition coefficient (Wildman–Crippen LogP) is 4.68. The van der Waals surface area contributed by atoms with Crippen molar-refractivity contribution in [3.63, 3.8) is 0 Å². The van der Waals surface area contributed by atoms with Gasteiger partial charge in [-0.2, -0.15) is 0 Å². The molecule has 1 aromatic heterocycles. The lowest BCUT2D eigenvalue weighted by atomic mass is 10.0. The van der Waals surface area contributed by atoms with Crippen molar-refractivity contribution in [2.45, 2.75) is 55.2 Å². The lowest BCUT2D eigenvalue weighted by molar-refractivity contribution is -0.160. The van der Waals surface area contributed by atoms with Gasteiger partial charge in [0, 0.05) is 26.8 Å². The van der Waals surface area contributed by atoms with Crippen molar-refractivity contribution in [1.29, 1.82) is 0 Å². The van der Waals surface area contributed by atoms with Crippen molar-refractivity contribution in [3.8, 4) is 5.75 Å². The minimum Gasteiger partial charge on any atom is -0.497 e. The third-order valence-corrected chi connectivity index (χ3v) is 10.5. The van der Waals surface area contributed by atoms with Crippen LogP contribution in [0.4, 0.5) is 5.13 Å². The number of amides is 2. The summed E-state index contributed by atoms with van der Waals surface area (Å²) < 4.78 is 16.1. The molecule has 2 aliphatic heterocycles. The fourth-order valence-electron chi connectivity index (χ4n) is 4.72. The average molecular weight is 760 g/mol. The Morgan fingerprint density at radius 2 is 1.82 bits per heavy atom. The molecular weight excluding hydrogens is 726 g/mol. The molecule has 2 aromatic carbocycles. The zero-order valence-electron chi connectivity index (χ0n) is 27.5. The first-order valence-electron chi connectivity index (χ1n) is 15.1. The second kappa shape index (κ2) is 16.2. The molecular formula is C33H34ClN5O8S3. The van der Waals surface area contributed by atoms with Crippen molar-refractivity contribution in [1.82, 2.24) is 15.2 Å². The second-order valence-electron chi connectivity index (χ2n) is 11.8. The van der Waals surface area contributed by atoms with Crippen LogP contribution >= 0.6 is 46.5 Å². The molecule has 13 nitrogen and oxygen atoms in total. The molecule has 3 heterocycles. The third kappa shape index (κ3) is 9.10. The Morgan fingerprint density at radius 3 is 2.44 bits per heavy atom. The number of nitrogen functional groups attached to an aromatic ring is 1. The predicted molar refractivity (Wildman–Crippen MR) is 192 cm³/mol. The number of hydrogen-bond acceptors (Lipinski definition) is 14. The Balaban J connectivity index is 1.35. The number of carbonyl (C=O) groups is 4.